The fourth-order valence-corrected chi connectivity index (χ4v) is 4.07. The van der Waals surface area contributed by atoms with Crippen molar-refractivity contribution >= 4 is 11.7 Å². The first-order valence-corrected chi connectivity index (χ1v) is 8.16. The maximum absolute atomic E-state index is 12.5. The predicted octanol–water partition coefficient (Wildman–Crippen LogP) is 3.34. The zero-order valence-electron chi connectivity index (χ0n) is 13.3. The average molecular weight is 290 g/mol. The summed E-state index contributed by atoms with van der Waals surface area (Å²) in [7, 11) is 0. The normalized spacial score (nSPS) is 23.0. The lowest BCUT2D eigenvalue weighted by molar-refractivity contribution is -0.114. The van der Waals surface area contributed by atoms with Crippen molar-refractivity contribution in [2.75, 3.05) is 11.9 Å². The molecular formula is C16H26N4O. The molecule has 5 nitrogen and oxygen atoms in total. The van der Waals surface area contributed by atoms with Crippen LogP contribution in [0.1, 0.15) is 46.5 Å². The third-order valence-electron chi connectivity index (χ3n) is 5.03. The smallest absolute Gasteiger partial charge is 0.320 e. The van der Waals surface area contributed by atoms with Crippen LogP contribution in [0.4, 0.5) is 10.5 Å². The molecule has 2 aliphatic rings. The third kappa shape index (κ3) is 2.43. The Kier molecular flexibility index (Phi) is 3.68. The molecule has 2 amide bonds. The van der Waals surface area contributed by atoms with Crippen molar-refractivity contribution in [2.45, 2.75) is 59.0 Å². The van der Waals surface area contributed by atoms with Gasteiger partial charge in [0.05, 0.1) is 11.9 Å². The van der Waals surface area contributed by atoms with Gasteiger partial charge in [0, 0.05) is 30.7 Å². The van der Waals surface area contributed by atoms with Gasteiger partial charge in [0.15, 0.2) is 0 Å². The molecule has 116 valence electrons. The number of rotatable bonds is 4. The van der Waals surface area contributed by atoms with Crippen LogP contribution >= 0.6 is 0 Å². The zero-order valence-corrected chi connectivity index (χ0v) is 13.3. The summed E-state index contributed by atoms with van der Waals surface area (Å²) < 4.78 is 1.87. The van der Waals surface area contributed by atoms with E-state index in [0.29, 0.717) is 17.4 Å². The maximum atomic E-state index is 12.5. The number of aryl methyl sites for hydroxylation is 1. The Morgan fingerprint density at radius 1 is 1.52 bits per heavy atom. The number of hydrogen-bond acceptors (Lipinski definition) is 2. The first-order chi connectivity index (χ1) is 10.1. The molecule has 1 aliphatic carbocycles. The second-order valence-electron chi connectivity index (χ2n) is 6.95. The highest BCUT2D eigenvalue weighted by atomic mass is 16.2. The fourth-order valence-electron chi connectivity index (χ4n) is 4.07. The number of nitrogens with one attached hydrogen (secondary N) is 1. The molecule has 1 atom stereocenters. The van der Waals surface area contributed by atoms with Crippen LogP contribution in [0, 0.1) is 11.3 Å². The first-order valence-electron chi connectivity index (χ1n) is 8.16. The molecule has 21 heavy (non-hydrogen) atoms. The summed E-state index contributed by atoms with van der Waals surface area (Å²) >= 11 is 0. The Hall–Kier alpha value is -1.52. The summed E-state index contributed by atoms with van der Waals surface area (Å²) in [5.41, 5.74) is 1.23. The fraction of sp³-hybridized carbons (Fsp3) is 0.750. The Bertz CT molecular complexity index is 518. The predicted molar refractivity (Wildman–Crippen MR) is 83.2 cm³/mol. The van der Waals surface area contributed by atoms with Crippen LogP contribution in [0.15, 0.2) is 12.4 Å². The van der Waals surface area contributed by atoms with Gasteiger partial charge in [-0.3, -0.25) is 4.68 Å². The lowest BCUT2D eigenvalue weighted by Gasteiger charge is -2.63. The van der Waals surface area contributed by atoms with E-state index in [9.17, 15) is 4.79 Å². The SMILES string of the molecule is CCCn1cc(NC(=O)N2CC3(CCC3)C2C(C)C)cn1. The largest absolute Gasteiger partial charge is 0.322 e. The molecule has 1 unspecified atom stereocenters. The van der Waals surface area contributed by atoms with E-state index in [4.69, 9.17) is 0 Å². The lowest BCUT2D eigenvalue weighted by atomic mass is 9.55. The van der Waals surface area contributed by atoms with Crippen molar-refractivity contribution in [3.63, 3.8) is 0 Å². The second-order valence-corrected chi connectivity index (χ2v) is 6.95. The van der Waals surface area contributed by atoms with Gasteiger partial charge in [-0.1, -0.05) is 27.2 Å². The van der Waals surface area contributed by atoms with Gasteiger partial charge in [-0.15, -0.1) is 0 Å². The van der Waals surface area contributed by atoms with Gasteiger partial charge in [0.1, 0.15) is 0 Å². The molecule has 1 aromatic heterocycles. The second kappa shape index (κ2) is 5.35. The van der Waals surface area contributed by atoms with Gasteiger partial charge in [-0.2, -0.15) is 5.10 Å². The van der Waals surface area contributed by atoms with Gasteiger partial charge in [0.2, 0.25) is 0 Å². The van der Waals surface area contributed by atoms with E-state index < -0.39 is 0 Å². The minimum Gasteiger partial charge on any atom is -0.320 e. The first kappa shape index (κ1) is 14.4. The van der Waals surface area contributed by atoms with Crippen molar-refractivity contribution in [3.8, 4) is 0 Å². The van der Waals surface area contributed by atoms with Crippen LogP contribution < -0.4 is 5.32 Å². The highest BCUT2D eigenvalue weighted by molar-refractivity contribution is 5.90. The van der Waals surface area contributed by atoms with Gasteiger partial charge in [-0.25, -0.2) is 4.79 Å². The molecule has 5 heteroatoms. The van der Waals surface area contributed by atoms with Crippen LogP contribution in [-0.4, -0.2) is 33.3 Å². The number of aromatic nitrogens is 2. The van der Waals surface area contributed by atoms with Gasteiger partial charge in [0.25, 0.3) is 0 Å². The van der Waals surface area contributed by atoms with Crippen LogP contribution in [-0.2, 0) is 6.54 Å². The number of hydrogen-bond donors (Lipinski definition) is 1. The van der Waals surface area contributed by atoms with Crippen LogP contribution in [0.5, 0.6) is 0 Å². The molecule has 0 radical (unpaired) electrons. The number of likely N-dealkylation sites (tertiary alicyclic amines) is 1. The number of urea groups is 1. The summed E-state index contributed by atoms with van der Waals surface area (Å²) in [5, 5.41) is 7.25. The molecule has 1 N–H and O–H groups in total. The summed E-state index contributed by atoms with van der Waals surface area (Å²) in [4.78, 5) is 14.5. The third-order valence-corrected chi connectivity index (χ3v) is 5.03. The molecule has 1 saturated heterocycles. The molecule has 0 bridgehead atoms. The minimum absolute atomic E-state index is 0.0299. The van der Waals surface area contributed by atoms with Crippen molar-refractivity contribution in [1.82, 2.24) is 14.7 Å². The van der Waals surface area contributed by atoms with Gasteiger partial charge in [-0.05, 0) is 25.2 Å². The van der Waals surface area contributed by atoms with E-state index in [1.54, 1.807) is 6.20 Å². The van der Waals surface area contributed by atoms with Crippen molar-refractivity contribution in [3.05, 3.63) is 12.4 Å². The monoisotopic (exact) mass is 290 g/mol. The zero-order chi connectivity index (χ0) is 15.0. The Balaban J connectivity index is 1.62. The minimum atomic E-state index is 0.0299. The van der Waals surface area contributed by atoms with E-state index in [1.165, 1.54) is 19.3 Å². The Morgan fingerprint density at radius 2 is 2.29 bits per heavy atom. The van der Waals surface area contributed by atoms with Gasteiger partial charge >= 0.3 is 6.03 Å². The summed E-state index contributed by atoms with van der Waals surface area (Å²) in [5.74, 6) is 0.521. The van der Waals surface area contributed by atoms with E-state index in [0.717, 1.165) is 25.2 Å². The Morgan fingerprint density at radius 3 is 2.86 bits per heavy atom. The van der Waals surface area contributed by atoms with Crippen molar-refractivity contribution in [2.24, 2.45) is 11.3 Å². The van der Waals surface area contributed by atoms with E-state index >= 15 is 0 Å². The van der Waals surface area contributed by atoms with Crippen LogP contribution in [0.25, 0.3) is 0 Å². The molecule has 1 saturated carbocycles. The number of carbonyl (C=O) groups is 1. The van der Waals surface area contributed by atoms with Crippen molar-refractivity contribution in [1.29, 1.82) is 0 Å². The number of nitrogens with zero attached hydrogens (tertiary/aromatic N) is 3. The molecule has 0 aromatic carbocycles. The summed E-state index contributed by atoms with van der Waals surface area (Å²) in [6.45, 7) is 8.38. The molecular weight excluding hydrogens is 264 g/mol. The topological polar surface area (TPSA) is 50.2 Å². The quantitative estimate of drug-likeness (QED) is 0.924. The standard InChI is InChI=1S/C16H26N4O/c1-4-8-19-10-13(9-17-19)18-15(21)20-11-16(6-5-7-16)14(20)12(2)3/h9-10,12,14H,4-8,11H2,1-3H3,(H,18,21). The molecule has 3 rings (SSSR count). The van der Waals surface area contributed by atoms with E-state index in [2.05, 4.69) is 31.2 Å². The highest BCUT2D eigenvalue weighted by Crippen LogP contribution is 2.55. The van der Waals surface area contributed by atoms with E-state index in [1.807, 2.05) is 15.8 Å². The van der Waals surface area contributed by atoms with Crippen molar-refractivity contribution < 1.29 is 4.79 Å². The Labute approximate surface area is 126 Å². The molecule has 2 fully saturated rings. The van der Waals surface area contributed by atoms with E-state index in [-0.39, 0.29) is 6.03 Å². The van der Waals surface area contributed by atoms with Crippen LogP contribution in [0.3, 0.4) is 0 Å². The molecule has 1 aromatic rings. The lowest BCUT2D eigenvalue weighted by Crippen LogP contribution is -2.71. The maximum Gasteiger partial charge on any atom is 0.322 e. The highest BCUT2D eigenvalue weighted by Gasteiger charge is 2.58. The number of anilines is 1. The number of carbonyl (C=O) groups excluding carboxylic acids is 1. The summed E-state index contributed by atoms with van der Waals surface area (Å²) in [6, 6.07) is 0.430. The molecule has 1 spiro atoms. The van der Waals surface area contributed by atoms with Crippen LogP contribution in [0.2, 0.25) is 0 Å². The average Bonchev–Trinajstić information content (AvgIpc) is 2.73. The molecule has 1 aliphatic heterocycles. The van der Waals surface area contributed by atoms with Gasteiger partial charge < -0.3 is 10.2 Å². The molecule has 2 heterocycles. The summed E-state index contributed by atoms with van der Waals surface area (Å²) in [6.07, 6.45) is 8.57. The number of amides is 2.